The Labute approximate surface area is 256 Å². The quantitative estimate of drug-likeness (QED) is 0.172. The molecule has 1 fully saturated rings. The van der Waals surface area contributed by atoms with Gasteiger partial charge in [0, 0.05) is 55.8 Å². The zero-order chi connectivity index (χ0) is 29.4. The summed E-state index contributed by atoms with van der Waals surface area (Å²) in [6.45, 7) is 9.45. The molecular weight excluding hydrogens is 540 g/mol. The molecule has 0 radical (unpaired) electrons. The number of aryl methyl sites for hydroxylation is 1. The summed E-state index contributed by atoms with van der Waals surface area (Å²) < 4.78 is 5.96. The molecule has 1 saturated heterocycles. The number of ether oxygens (including phenoxy) is 1. The van der Waals surface area contributed by atoms with Gasteiger partial charge in [0.2, 0.25) is 0 Å². The van der Waals surface area contributed by atoms with Crippen LogP contribution in [0.1, 0.15) is 47.9 Å². The lowest BCUT2D eigenvalue weighted by atomic mass is 9.73. The van der Waals surface area contributed by atoms with E-state index in [2.05, 4.69) is 96.4 Å². The minimum absolute atomic E-state index is 0.134. The van der Waals surface area contributed by atoms with Crippen LogP contribution in [0, 0.1) is 6.92 Å². The molecule has 0 amide bonds. The van der Waals surface area contributed by atoms with Gasteiger partial charge in [-0.15, -0.1) is 0 Å². The van der Waals surface area contributed by atoms with Crippen molar-refractivity contribution < 1.29 is 9.84 Å². The van der Waals surface area contributed by atoms with Crippen molar-refractivity contribution in [3.63, 3.8) is 0 Å². The third-order valence-electron chi connectivity index (χ3n) is 8.54. The van der Waals surface area contributed by atoms with E-state index < -0.39 is 5.60 Å². The Morgan fingerprint density at radius 2 is 1.52 bits per heavy atom. The van der Waals surface area contributed by atoms with Crippen LogP contribution < -0.4 is 9.64 Å². The highest BCUT2D eigenvalue weighted by molar-refractivity contribution is 6.30. The SMILES string of the molecule is CCCCOc1ccc([C@@](O)(Cc2ccccc2)[C@H](CN2CCN(c3cc(Cl)ccc3C)CC2)c2ccccc2)cc1. The Morgan fingerprint density at radius 1 is 0.857 bits per heavy atom. The number of hydrogen-bond donors (Lipinski definition) is 1. The summed E-state index contributed by atoms with van der Waals surface area (Å²) >= 11 is 6.34. The molecule has 4 nitrogen and oxygen atoms in total. The molecule has 1 N–H and O–H groups in total. The first-order valence-corrected chi connectivity index (χ1v) is 15.6. The predicted octanol–water partition coefficient (Wildman–Crippen LogP) is 7.86. The number of unbranched alkanes of at least 4 members (excludes halogenated alkanes) is 1. The summed E-state index contributed by atoms with van der Waals surface area (Å²) in [6, 6.07) is 35.1. The second-order valence-corrected chi connectivity index (χ2v) is 11.9. The van der Waals surface area contributed by atoms with Gasteiger partial charge in [-0.2, -0.15) is 0 Å². The van der Waals surface area contributed by atoms with Crippen molar-refractivity contribution in [2.75, 3.05) is 44.2 Å². The lowest BCUT2D eigenvalue weighted by Crippen LogP contribution is -2.50. The van der Waals surface area contributed by atoms with Crippen molar-refractivity contribution in [2.24, 2.45) is 0 Å². The Bertz CT molecular complexity index is 1390. The second-order valence-electron chi connectivity index (χ2n) is 11.5. The van der Waals surface area contributed by atoms with Crippen molar-refractivity contribution >= 4 is 17.3 Å². The zero-order valence-electron chi connectivity index (χ0n) is 24.9. The number of anilines is 1. The first-order valence-electron chi connectivity index (χ1n) is 15.2. The number of benzene rings is 4. The van der Waals surface area contributed by atoms with Gasteiger partial charge in [-0.1, -0.05) is 104 Å². The Morgan fingerprint density at radius 3 is 2.19 bits per heavy atom. The molecule has 0 aliphatic carbocycles. The normalized spacial score (nSPS) is 16.1. The van der Waals surface area contributed by atoms with Crippen LogP contribution in [0.3, 0.4) is 0 Å². The van der Waals surface area contributed by atoms with Gasteiger partial charge >= 0.3 is 0 Å². The number of piperazine rings is 1. The van der Waals surface area contributed by atoms with E-state index in [4.69, 9.17) is 16.3 Å². The summed E-state index contributed by atoms with van der Waals surface area (Å²) in [5.74, 6) is 0.711. The summed E-state index contributed by atoms with van der Waals surface area (Å²) in [6.07, 6.45) is 2.64. The molecule has 5 heteroatoms. The minimum Gasteiger partial charge on any atom is -0.494 e. The maximum Gasteiger partial charge on any atom is 0.119 e. The van der Waals surface area contributed by atoms with Crippen molar-refractivity contribution in [3.05, 3.63) is 130 Å². The largest absolute Gasteiger partial charge is 0.494 e. The van der Waals surface area contributed by atoms with E-state index in [1.54, 1.807) is 0 Å². The maximum atomic E-state index is 12.9. The average molecular weight is 583 g/mol. The zero-order valence-corrected chi connectivity index (χ0v) is 25.6. The molecule has 42 heavy (non-hydrogen) atoms. The fourth-order valence-electron chi connectivity index (χ4n) is 6.08. The Hall–Kier alpha value is -3.31. The van der Waals surface area contributed by atoms with E-state index in [1.807, 2.05) is 30.3 Å². The van der Waals surface area contributed by atoms with Crippen LogP contribution in [0.5, 0.6) is 5.75 Å². The third-order valence-corrected chi connectivity index (χ3v) is 8.78. The molecule has 0 aromatic heterocycles. The highest BCUT2D eigenvalue weighted by atomic mass is 35.5. The topological polar surface area (TPSA) is 35.9 Å². The molecule has 0 bridgehead atoms. The van der Waals surface area contributed by atoms with Gasteiger partial charge < -0.3 is 14.7 Å². The molecule has 5 rings (SSSR count). The molecule has 220 valence electrons. The number of halogens is 1. The Kier molecular flexibility index (Phi) is 10.2. The van der Waals surface area contributed by atoms with Crippen LogP contribution in [0.4, 0.5) is 5.69 Å². The van der Waals surface area contributed by atoms with Crippen LogP contribution in [-0.4, -0.2) is 49.3 Å². The first kappa shape index (κ1) is 30.2. The van der Waals surface area contributed by atoms with E-state index in [0.717, 1.165) is 73.0 Å². The molecule has 4 aromatic rings. The van der Waals surface area contributed by atoms with Crippen LogP contribution in [-0.2, 0) is 12.0 Å². The first-order chi connectivity index (χ1) is 20.5. The average Bonchev–Trinajstić information content (AvgIpc) is 3.02. The molecular formula is C37H43ClN2O2. The number of aliphatic hydroxyl groups is 1. The molecule has 0 saturated carbocycles. The summed E-state index contributed by atoms with van der Waals surface area (Å²) in [5, 5.41) is 13.7. The molecule has 0 spiro atoms. The van der Waals surface area contributed by atoms with Crippen molar-refractivity contribution in [2.45, 2.75) is 44.6 Å². The van der Waals surface area contributed by atoms with Crippen molar-refractivity contribution in [1.82, 2.24) is 4.90 Å². The van der Waals surface area contributed by atoms with E-state index in [0.29, 0.717) is 13.0 Å². The number of rotatable bonds is 12. The fourth-order valence-corrected chi connectivity index (χ4v) is 6.24. The van der Waals surface area contributed by atoms with E-state index >= 15 is 0 Å². The van der Waals surface area contributed by atoms with Gasteiger partial charge in [0.05, 0.1) is 6.61 Å². The maximum absolute atomic E-state index is 12.9. The monoisotopic (exact) mass is 582 g/mol. The highest BCUT2D eigenvalue weighted by Crippen LogP contribution is 2.41. The lowest BCUT2D eigenvalue weighted by molar-refractivity contribution is -0.00554. The molecule has 1 aliphatic rings. The van der Waals surface area contributed by atoms with Crippen LogP contribution in [0.2, 0.25) is 5.02 Å². The van der Waals surface area contributed by atoms with Crippen LogP contribution >= 0.6 is 11.6 Å². The highest BCUT2D eigenvalue weighted by Gasteiger charge is 2.41. The van der Waals surface area contributed by atoms with Gasteiger partial charge in [0.15, 0.2) is 0 Å². The minimum atomic E-state index is -1.12. The molecule has 0 unspecified atom stereocenters. The summed E-state index contributed by atoms with van der Waals surface area (Å²) in [4.78, 5) is 4.94. The number of hydrogen-bond acceptors (Lipinski definition) is 4. The predicted molar refractivity (Wildman–Crippen MR) is 175 cm³/mol. The second kappa shape index (κ2) is 14.2. The Balaban J connectivity index is 1.43. The fraction of sp³-hybridized carbons (Fsp3) is 0.351. The smallest absolute Gasteiger partial charge is 0.119 e. The lowest BCUT2D eigenvalue weighted by Gasteiger charge is -2.43. The van der Waals surface area contributed by atoms with Gasteiger partial charge in [0.1, 0.15) is 11.4 Å². The van der Waals surface area contributed by atoms with E-state index in [1.165, 1.54) is 11.3 Å². The van der Waals surface area contributed by atoms with Gasteiger partial charge in [-0.25, -0.2) is 0 Å². The standard InChI is InChI=1S/C37H43ClN2O2/c1-3-4-25-42-34-19-16-32(17-20-34)37(41,27-30-11-7-5-8-12-30)35(31-13-9-6-10-14-31)28-39-21-23-40(24-22-39)36-26-33(38)18-15-29(36)2/h5-20,26,35,41H,3-4,21-25,27-28H2,1-2H3/t35-,37+/m1/s1. The molecule has 2 atom stereocenters. The molecule has 4 aromatic carbocycles. The van der Waals surface area contributed by atoms with E-state index in [9.17, 15) is 5.11 Å². The van der Waals surface area contributed by atoms with Crippen LogP contribution in [0.25, 0.3) is 0 Å². The van der Waals surface area contributed by atoms with Crippen molar-refractivity contribution in [1.29, 1.82) is 0 Å². The summed E-state index contributed by atoms with van der Waals surface area (Å²) in [7, 11) is 0. The van der Waals surface area contributed by atoms with Gasteiger partial charge in [0.25, 0.3) is 0 Å². The summed E-state index contributed by atoms with van der Waals surface area (Å²) in [5.41, 5.74) is 4.51. The molecule has 1 heterocycles. The van der Waals surface area contributed by atoms with Gasteiger partial charge in [-0.05, 0) is 59.9 Å². The molecule has 1 aliphatic heterocycles. The third kappa shape index (κ3) is 7.36. The van der Waals surface area contributed by atoms with Crippen molar-refractivity contribution in [3.8, 4) is 5.75 Å². The van der Waals surface area contributed by atoms with Crippen LogP contribution in [0.15, 0.2) is 103 Å². The van der Waals surface area contributed by atoms with Gasteiger partial charge in [-0.3, -0.25) is 4.90 Å². The number of nitrogens with zero attached hydrogens (tertiary/aromatic N) is 2. The van der Waals surface area contributed by atoms with E-state index in [-0.39, 0.29) is 5.92 Å².